The van der Waals surface area contributed by atoms with Crippen molar-refractivity contribution in [3.63, 3.8) is 0 Å². The first-order chi connectivity index (χ1) is 21.2. The van der Waals surface area contributed by atoms with Gasteiger partial charge >= 0.3 is 0 Å². The van der Waals surface area contributed by atoms with E-state index in [9.17, 15) is 19.5 Å². The van der Waals surface area contributed by atoms with Crippen LogP contribution in [0, 0.1) is 17.8 Å². The topological polar surface area (TPSA) is 90.4 Å². The smallest absolute Gasteiger partial charge is 0.251 e. The number of amides is 3. The largest absolute Gasteiger partial charge is 0.494 e. The molecule has 44 heavy (non-hydrogen) atoms. The molecule has 0 aliphatic carbocycles. The summed E-state index contributed by atoms with van der Waals surface area (Å²) in [6.07, 6.45) is 8.44. The molecule has 0 bridgehead atoms. The first kappa shape index (κ1) is 30.7. The normalized spacial score (nSPS) is 28.6. The molecule has 6 atom stereocenters. The van der Waals surface area contributed by atoms with Crippen molar-refractivity contribution in [2.24, 2.45) is 17.8 Å². The lowest BCUT2D eigenvalue weighted by Gasteiger charge is -2.39. The maximum Gasteiger partial charge on any atom is 0.251 e. The van der Waals surface area contributed by atoms with Crippen molar-refractivity contribution in [3.05, 3.63) is 77.9 Å². The highest BCUT2D eigenvalue weighted by atomic mass is 35.5. The molecule has 0 radical (unpaired) electrons. The number of rotatable bonds is 8. The van der Waals surface area contributed by atoms with Gasteiger partial charge in [-0.1, -0.05) is 61.9 Å². The van der Waals surface area contributed by atoms with Gasteiger partial charge in [0, 0.05) is 24.0 Å². The standard InChI is InChI=1S/C34H38ClN3O5S/c1-4-43-24-14-12-22(13-15-24)36-17-7-11-27-28(31(36)40)29-32(41)38(23(20-39)19-21(2)3)30-33(42)37(18-8-16-34(29,30)44-27)26-10-6-5-9-25(26)35/h5-16,21,23,27-30,39H,4,17-20H2,1-3H3/t23-,27+,28-,29+,30?,34+/m1/s1. The summed E-state index contributed by atoms with van der Waals surface area (Å²) in [6.45, 7) is 6.90. The Kier molecular flexibility index (Phi) is 8.56. The van der Waals surface area contributed by atoms with E-state index in [4.69, 9.17) is 16.3 Å². The molecule has 8 nitrogen and oxygen atoms in total. The van der Waals surface area contributed by atoms with Crippen molar-refractivity contribution in [1.29, 1.82) is 0 Å². The monoisotopic (exact) mass is 635 g/mol. The number of hydrogen-bond donors (Lipinski definition) is 1. The third-order valence-electron chi connectivity index (χ3n) is 9.05. The Morgan fingerprint density at radius 1 is 1.00 bits per heavy atom. The Bertz CT molecular complexity index is 1500. The van der Waals surface area contributed by atoms with Gasteiger partial charge in [-0.3, -0.25) is 14.4 Å². The Morgan fingerprint density at radius 3 is 2.41 bits per heavy atom. The Hall–Kier alpha value is -3.27. The number of thioether (sulfide) groups is 1. The minimum absolute atomic E-state index is 0.148. The van der Waals surface area contributed by atoms with E-state index in [2.05, 4.69) is 0 Å². The number of ether oxygens (including phenoxy) is 1. The molecule has 1 spiro atoms. The first-order valence-electron chi connectivity index (χ1n) is 15.3. The number of para-hydroxylation sites is 1. The lowest BCUT2D eigenvalue weighted by molar-refractivity contribution is -0.142. The van der Waals surface area contributed by atoms with Crippen LogP contribution in [0.4, 0.5) is 11.4 Å². The van der Waals surface area contributed by atoms with Gasteiger partial charge in [0.15, 0.2) is 0 Å². The third kappa shape index (κ3) is 5.03. The zero-order valence-corrected chi connectivity index (χ0v) is 26.7. The number of halogens is 1. The molecular weight excluding hydrogens is 598 g/mol. The van der Waals surface area contributed by atoms with E-state index in [-0.39, 0.29) is 42.0 Å². The van der Waals surface area contributed by atoms with Gasteiger partial charge < -0.3 is 24.5 Å². The van der Waals surface area contributed by atoms with E-state index < -0.39 is 28.7 Å². The predicted molar refractivity (Wildman–Crippen MR) is 174 cm³/mol. The average molecular weight is 636 g/mol. The molecule has 0 aromatic heterocycles. The zero-order valence-electron chi connectivity index (χ0n) is 25.1. The minimum Gasteiger partial charge on any atom is -0.494 e. The molecule has 4 aliphatic rings. The van der Waals surface area contributed by atoms with E-state index in [1.807, 2.05) is 81.5 Å². The summed E-state index contributed by atoms with van der Waals surface area (Å²) >= 11 is 8.11. The highest BCUT2D eigenvalue weighted by Gasteiger charge is 2.71. The van der Waals surface area contributed by atoms with Crippen LogP contribution in [-0.2, 0) is 14.4 Å². The number of carbonyl (C=O) groups is 3. The second-order valence-corrected chi connectivity index (χ2v) is 14.1. The molecule has 2 aromatic rings. The lowest BCUT2D eigenvalue weighted by atomic mass is 9.78. The van der Waals surface area contributed by atoms with Gasteiger partial charge in [0.2, 0.25) is 11.8 Å². The number of nitrogens with zero attached hydrogens (tertiary/aromatic N) is 3. The summed E-state index contributed by atoms with van der Waals surface area (Å²) in [5.41, 5.74) is 1.29. The molecule has 1 unspecified atom stereocenters. The van der Waals surface area contributed by atoms with Gasteiger partial charge in [0.05, 0.1) is 46.5 Å². The second-order valence-electron chi connectivity index (χ2n) is 12.2. The van der Waals surface area contributed by atoms with Gasteiger partial charge in [0.25, 0.3) is 5.91 Å². The lowest BCUT2D eigenvalue weighted by Crippen LogP contribution is -2.57. The Balaban J connectivity index is 1.44. The quantitative estimate of drug-likeness (QED) is 0.413. The van der Waals surface area contributed by atoms with Gasteiger partial charge in [-0.05, 0) is 55.7 Å². The fourth-order valence-corrected chi connectivity index (χ4v) is 9.53. The van der Waals surface area contributed by atoms with E-state index in [0.717, 1.165) is 11.4 Å². The van der Waals surface area contributed by atoms with Gasteiger partial charge in [-0.2, -0.15) is 0 Å². The number of carbonyl (C=O) groups excluding carboxylic acids is 3. The van der Waals surface area contributed by atoms with Crippen LogP contribution < -0.4 is 14.5 Å². The highest BCUT2D eigenvalue weighted by molar-refractivity contribution is 8.02. The molecule has 2 aromatic carbocycles. The van der Waals surface area contributed by atoms with E-state index in [1.54, 1.807) is 26.8 Å². The van der Waals surface area contributed by atoms with Crippen LogP contribution in [0.15, 0.2) is 72.8 Å². The molecule has 6 rings (SSSR count). The van der Waals surface area contributed by atoms with Gasteiger partial charge in [0.1, 0.15) is 11.8 Å². The molecule has 2 saturated heterocycles. The fourth-order valence-electron chi connectivity index (χ4n) is 7.30. The van der Waals surface area contributed by atoms with Gasteiger partial charge in [-0.15, -0.1) is 11.8 Å². The molecule has 10 heteroatoms. The Morgan fingerprint density at radius 2 is 1.73 bits per heavy atom. The maximum atomic E-state index is 14.7. The van der Waals surface area contributed by atoms with Crippen LogP contribution >= 0.6 is 23.4 Å². The third-order valence-corrected chi connectivity index (χ3v) is 11.1. The number of anilines is 2. The number of aliphatic hydroxyl groups is 1. The van der Waals surface area contributed by atoms with E-state index in [1.165, 1.54) is 11.8 Å². The summed E-state index contributed by atoms with van der Waals surface area (Å²) in [6, 6.07) is 13.1. The summed E-state index contributed by atoms with van der Waals surface area (Å²) < 4.78 is 4.60. The van der Waals surface area contributed by atoms with Crippen molar-refractivity contribution in [3.8, 4) is 5.75 Å². The summed E-state index contributed by atoms with van der Waals surface area (Å²) in [5, 5.41) is 10.7. The van der Waals surface area contributed by atoms with Crippen molar-refractivity contribution in [2.75, 3.05) is 36.1 Å². The van der Waals surface area contributed by atoms with Crippen molar-refractivity contribution in [2.45, 2.75) is 49.3 Å². The van der Waals surface area contributed by atoms with Crippen LogP contribution in [-0.4, -0.2) is 76.1 Å². The van der Waals surface area contributed by atoms with Crippen molar-refractivity contribution in [1.82, 2.24) is 4.90 Å². The molecule has 4 aliphatic heterocycles. The van der Waals surface area contributed by atoms with Crippen molar-refractivity contribution >= 4 is 52.5 Å². The van der Waals surface area contributed by atoms with Crippen LogP contribution in [0.2, 0.25) is 5.02 Å². The van der Waals surface area contributed by atoms with Crippen LogP contribution in [0.25, 0.3) is 0 Å². The zero-order chi connectivity index (χ0) is 31.2. The van der Waals surface area contributed by atoms with Crippen molar-refractivity contribution < 1.29 is 24.2 Å². The first-order valence-corrected chi connectivity index (χ1v) is 16.5. The highest BCUT2D eigenvalue weighted by Crippen LogP contribution is 2.61. The molecule has 2 fully saturated rings. The minimum atomic E-state index is -0.994. The molecular formula is C34H38ClN3O5S. The molecule has 4 heterocycles. The predicted octanol–water partition coefficient (Wildman–Crippen LogP) is 4.95. The number of fused-ring (bicyclic) bond motifs is 2. The van der Waals surface area contributed by atoms with Crippen LogP contribution in [0.5, 0.6) is 5.75 Å². The summed E-state index contributed by atoms with van der Waals surface area (Å²) in [7, 11) is 0. The number of benzene rings is 2. The fraction of sp³-hybridized carbons (Fsp3) is 0.441. The number of likely N-dealkylation sites (tertiary alicyclic amines) is 1. The van der Waals surface area contributed by atoms with Crippen LogP contribution in [0.3, 0.4) is 0 Å². The maximum absolute atomic E-state index is 14.7. The SMILES string of the molecule is CCOc1ccc(N2CC=C[C@@H]3S[C@]45C=CCN(c6ccccc6Cl)C(=O)C4N([C@@H](CO)CC(C)C)C(=O)[C@@H]5[C@@H]3C2=O)cc1. The molecule has 0 saturated carbocycles. The molecule has 3 amide bonds. The Labute approximate surface area is 267 Å². The molecule has 232 valence electrons. The van der Waals surface area contributed by atoms with Crippen LogP contribution in [0.1, 0.15) is 27.2 Å². The second kappa shape index (κ2) is 12.3. The van der Waals surface area contributed by atoms with E-state index >= 15 is 0 Å². The average Bonchev–Trinajstić information content (AvgIpc) is 3.32. The summed E-state index contributed by atoms with van der Waals surface area (Å²) in [5.74, 6) is -1.25. The summed E-state index contributed by atoms with van der Waals surface area (Å²) in [4.78, 5) is 48.9. The number of hydrogen-bond acceptors (Lipinski definition) is 6. The number of aliphatic hydroxyl groups excluding tert-OH is 1. The van der Waals surface area contributed by atoms with E-state index in [0.29, 0.717) is 30.3 Å². The van der Waals surface area contributed by atoms with Gasteiger partial charge in [-0.25, -0.2) is 0 Å². The molecule has 1 N–H and O–H groups in total.